The molecule has 2 aromatic carbocycles. The molecule has 1 atom stereocenters. The molecular weight excluding hydrogens is 398 g/mol. The molecule has 1 aliphatic heterocycles. The maximum Gasteiger partial charge on any atom is 0.326 e. The van der Waals surface area contributed by atoms with Crippen molar-refractivity contribution in [1.29, 1.82) is 0 Å². The standard InChI is InChI=1S/C26H37N5O/c1-3-5-10-20(9-4-2)19-31-25-18-24(30-15-13-27-14-16-30)22(17-23(25)29-26(31)32)28-21-11-7-6-8-12-21/h6-8,11-12,17-18,20,27-28H,3-5,9-10,13-16,19H2,1-2H3,(H,29,32). The Hall–Kier alpha value is -2.73. The number of benzene rings is 2. The molecule has 1 aromatic heterocycles. The quantitative estimate of drug-likeness (QED) is 0.415. The molecule has 1 unspecified atom stereocenters. The van der Waals surface area contributed by atoms with E-state index in [9.17, 15) is 4.79 Å². The average Bonchev–Trinajstić information content (AvgIpc) is 3.12. The van der Waals surface area contributed by atoms with Gasteiger partial charge in [-0.3, -0.25) is 4.57 Å². The smallest absolute Gasteiger partial charge is 0.326 e. The number of nitrogens with zero attached hydrogens (tertiary/aromatic N) is 2. The number of fused-ring (bicyclic) bond motifs is 1. The van der Waals surface area contributed by atoms with E-state index in [1.54, 1.807) is 0 Å². The number of piperazine rings is 1. The van der Waals surface area contributed by atoms with Crippen LogP contribution in [-0.4, -0.2) is 35.7 Å². The number of nitrogens with one attached hydrogen (secondary N) is 3. The van der Waals surface area contributed by atoms with Crippen LogP contribution < -0.4 is 21.2 Å². The van der Waals surface area contributed by atoms with E-state index >= 15 is 0 Å². The first-order valence-corrected chi connectivity index (χ1v) is 12.2. The molecule has 1 saturated heterocycles. The summed E-state index contributed by atoms with van der Waals surface area (Å²) in [4.78, 5) is 18.5. The predicted octanol–water partition coefficient (Wildman–Crippen LogP) is 5.09. The van der Waals surface area contributed by atoms with Crippen LogP contribution in [0.5, 0.6) is 0 Å². The number of aromatic amines is 1. The molecule has 32 heavy (non-hydrogen) atoms. The number of rotatable bonds is 10. The van der Waals surface area contributed by atoms with E-state index in [1.165, 1.54) is 19.3 Å². The van der Waals surface area contributed by atoms with Crippen molar-refractivity contribution in [3.8, 4) is 0 Å². The highest BCUT2D eigenvalue weighted by Crippen LogP contribution is 2.33. The van der Waals surface area contributed by atoms with Gasteiger partial charge in [0.05, 0.1) is 22.4 Å². The van der Waals surface area contributed by atoms with Crippen molar-refractivity contribution >= 4 is 28.1 Å². The van der Waals surface area contributed by atoms with Gasteiger partial charge >= 0.3 is 5.69 Å². The largest absolute Gasteiger partial charge is 0.367 e. The zero-order chi connectivity index (χ0) is 22.3. The third-order valence-electron chi connectivity index (χ3n) is 6.51. The summed E-state index contributed by atoms with van der Waals surface area (Å²) in [6.45, 7) is 9.12. The Morgan fingerprint density at radius 1 is 1.03 bits per heavy atom. The van der Waals surface area contributed by atoms with E-state index < -0.39 is 0 Å². The Kier molecular flexibility index (Phi) is 7.53. The van der Waals surface area contributed by atoms with Crippen LogP contribution in [0.2, 0.25) is 0 Å². The number of anilines is 3. The first-order valence-electron chi connectivity index (χ1n) is 12.2. The Balaban J connectivity index is 1.73. The second-order valence-corrected chi connectivity index (χ2v) is 8.95. The lowest BCUT2D eigenvalue weighted by Crippen LogP contribution is -2.43. The highest BCUT2D eigenvalue weighted by Gasteiger charge is 2.19. The first-order chi connectivity index (χ1) is 15.7. The Labute approximate surface area is 191 Å². The Bertz CT molecular complexity index is 1050. The molecule has 0 radical (unpaired) electrons. The molecule has 1 aliphatic rings. The second-order valence-electron chi connectivity index (χ2n) is 8.95. The van der Waals surface area contributed by atoms with Crippen LogP contribution in [0.1, 0.15) is 46.0 Å². The minimum Gasteiger partial charge on any atom is -0.367 e. The van der Waals surface area contributed by atoms with E-state index in [-0.39, 0.29) is 5.69 Å². The molecule has 0 amide bonds. The Morgan fingerprint density at radius 2 is 1.81 bits per heavy atom. The molecular formula is C26H37N5O. The van der Waals surface area contributed by atoms with Crippen LogP contribution in [0.25, 0.3) is 11.0 Å². The fourth-order valence-corrected chi connectivity index (χ4v) is 4.80. The van der Waals surface area contributed by atoms with Crippen LogP contribution in [0.3, 0.4) is 0 Å². The van der Waals surface area contributed by atoms with Gasteiger partial charge < -0.3 is 20.5 Å². The number of aromatic nitrogens is 2. The molecule has 0 saturated carbocycles. The third kappa shape index (κ3) is 5.18. The monoisotopic (exact) mass is 435 g/mol. The molecule has 3 N–H and O–H groups in total. The van der Waals surface area contributed by atoms with Gasteiger partial charge in [-0.25, -0.2) is 4.79 Å². The van der Waals surface area contributed by atoms with Crippen LogP contribution >= 0.6 is 0 Å². The van der Waals surface area contributed by atoms with Crippen molar-refractivity contribution in [2.45, 2.75) is 52.5 Å². The third-order valence-corrected chi connectivity index (χ3v) is 6.51. The SMILES string of the molecule is CCCCC(CCC)Cn1c(=O)[nH]c2cc(Nc3ccccc3)c(N3CCNCC3)cc21. The predicted molar refractivity (Wildman–Crippen MR) is 135 cm³/mol. The average molecular weight is 436 g/mol. The van der Waals surface area contributed by atoms with Gasteiger partial charge in [-0.2, -0.15) is 0 Å². The zero-order valence-electron chi connectivity index (χ0n) is 19.5. The molecule has 4 rings (SSSR count). The van der Waals surface area contributed by atoms with E-state index in [4.69, 9.17) is 0 Å². The zero-order valence-corrected chi connectivity index (χ0v) is 19.5. The number of unbranched alkanes of at least 4 members (excludes halogenated alkanes) is 1. The van der Waals surface area contributed by atoms with Crippen molar-refractivity contribution in [2.24, 2.45) is 5.92 Å². The highest BCUT2D eigenvalue weighted by molar-refractivity contribution is 5.90. The molecule has 6 heteroatoms. The van der Waals surface area contributed by atoms with Gasteiger partial charge in [0, 0.05) is 38.4 Å². The summed E-state index contributed by atoms with van der Waals surface area (Å²) in [7, 11) is 0. The number of hydrogen-bond acceptors (Lipinski definition) is 4. The minimum atomic E-state index is 0.000670. The summed E-state index contributed by atoms with van der Waals surface area (Å²) in [6, 6.07) is 14.6. The van der Waals surface area contributed by atoms with Gasteiger partial charge in [0.15, 0.2) is 0 Å². The lowest BCUT2D eigenvalue weighted by atomic mass is 9.97. The maximum absolute atomic E-state index is 13.0. The molecule has 172 valence electrons. The van der Waals surface area contributed by atoms with Crippen molar-refractivity contribution < 1.29 is 0 Å². The van der Waals surface area contributed by atoms with Gasteiger partial charge in [-0.1, -0.05) is 51.3 Å². The minimum absolute atomic E-state index is 0.000670. The van der Waals surface area contributed by atoms with E-state index in [0.717, 1.165) is 73.7 Å². The number of para-hydroxylation sites is 1. The first kappa shape index (κ1) is 22.5. The lowest BCUT2D eigenvalue weighted by molar-refractivity contribution is 0.374. The van der Waals surface area contributed by atoms with Gasteiger partial charge in [0.25, 0.3) is 0 Å². The van der Waals surface area contributed by atoms with Crippen molar-refractivity contribution in [3.63, 3.8) is 0 Å². The number of H-pyrrole nitrogens is 1. The molecule has 2 heterocycles. The summed E-state index contributed by atoms with van der Waals surface area (Å²) in [5, 5.41) is 7.03. The van der Waals surface area contributed by atoms with Crippen LogP contribution in [-0.2, 0) is 6.54 Å². The van der Waals surface area contributed by atoms with E-state index in [2.05, 4.69) is 58.6 Å². The van der Waals surface area contributed by atoms with Crippen LogP contribution in [0.15, 0.2) is 47.3 Å². The summed E-state index contributed by atoms with van der Waals surface area (Å²) >= 11 is 0. The fourth-order valence-electron chi connectivity index (χ4n) is 4.80. The number of hydrogen-bond donors (Lipinski definition) is 3. The molecule has 6 nitrogen and oxygen atoms in total. The fraction of sp³-hybridized carbons (Fsp3) is 0.500. The summed E-state index contributed by atoms with van der Waals surface area (Å²) in [5.41, 5.74) is 5.16. The lowest BCUT2D eigenvalue weighted by Gasteiger charge is -2.31. The summed E-state index contributed by atoms with van der Waals surface area (Å²) in [6.07, 6.45) is 5.92. The van der Waals surface area contributed by atoms with Gasteiger partial charge in [0.2, 0.25) is 0 Å². The van der Waals surface area contributed by atoms with Crippen molar-refractivity contribution in [2.75, 3.05) is 36.4 Å². The van der Waals surface area contributed by atoms with Crippen LogP contribution in [0, 0.1) is 5.92 Å². The van der Waals surface area contributed by atoms with Crippen LogP contribution in [0.4, 0.5) is 17.1 Å². The summed E-state index contributed by atoms with van der Waals surface area (Å²) < 4.78 is 1.98. The normalized spacial score (nSPS) is 15.2. The highest BCUT2D eigenvalue weighted by atomic mass is 16.1. The summed E-state index contributed by atoms with van der Waals surface area (Å²) in [5.74, 6) is 0.543. The Morgan fingerprint density at radius 3 is 2.53 bits per heavy atom. The topological polar surface area (TPSA) is 65.1 Å². The molecule has 3 aromatic rings. The van der Waals surface area contributed by atoms with Gasteiger partial charge in [-0.05, 0) is 43.0 Å². The second kappa shape index (κ2) is 10.7. The maximum atomic E-state index is 13.0. The molecule has 1 fully saturated rings. The molecule has 0 spiro atoms. The van der Waals surface area contributed by atoms with E-state index in [1.807, 2.05) is 22.8 Å². The number of imidazole rings is 1. The van der Waals surface area contributed by atoms with Gasteiger partial charge in [-0.15, -0.1) is 0 Å². The van der Waals surface area contributed by atoms with Gasteiger partial charge in [0.1, 0.15) is 0 Å². The molecule has 0 aliphatic carbocycles. The molecule has 0 bridgehead atoms. The van der Waals surface area contributed by atoms with Crippen molar-refractivity contribution in [1.82, 2.24) is 14.9 Å². The van der Waals surface area contributed by atoms with E-state index in [0.29, 0.717) is 5.92 Å². The van der Waals surface area contributed by atoms with Crippen molar-refractivity contribution in [3.05, 3.63) is 52.9 Å².